The van der Waals surface area contributed by atoms with Crippen molar-refractivity contribution < 1.29 is 4.39 Å². The third-order valence-corrected chi connectivity index (χ3v) is 4.85. The number of benzene rings is 1. The van der Waals surface area contributed by atoms with Gasteiger partial charge in [0.2, 0.25) is 0 Å². The van der Waals surface area contributed by atoms with Gasteiger partial charge in [-0.25, -0.2) is 9.37 Å². The molecule has 1 heterocycles. The zero-order valence-corrected chi connectivity index (χ0v) is 13.3. The van der Waals surface area contributed by atoms with Crippen molar-refractivity contribution in [1.82, 2.24) is 10.3 Å². The molecule has 1 unspecified atom stereocenters. The van der Waals surface area contributed by atoms with E-state index < -0.39 is 0 Å². The Kier molecular flexibility index (Phi) is 5.07. The standard InChI is InChI=1S/C14H16BrFN2S/c1-3-11-8-18-14(19-11)9(2)17-7-10-4-5-12(15)13(16)6-10/h4-6,8-9,17H,3,7H2,1-2H3. The van der Waals surface area contributed by atoms with Crippen LogP contribution in [0.25, 0.3) is 0 Å². The molecule has 5 heteroatoms. The summed E-state index contributed by atoms with van der Waals surface area (Å²) in [5.74, 6) is -0.227. The summed E-state index contributed by atoms with van der Waals surface area (Å²) in [6.45, 7) is 4.83. The molecular weight excluding hydrogens is 327 g/mol. The second-order valence-corrected chi connectivity index (χ2v) is 6.37. The predicted octanol–water partition coefficient (Wildman–Crippen LogP) is 4.46. The van der Waals surface area contributed by atoms with Gasteiger partial charge in [0.1, 0.15) is 10.8 Å². The second-order valence-electron chi connectivity index (χ2n) is 4.37. The van der Waals surface area contributed by atoms with Gasteiger partial charge in [0.15, 0.2) is 0 Å². The van der Waals surface area contributed by atoms with E-state index in [0.717, 1.165) is 17.0 Å². The summed E-state index contributed by atoms with van der Waals surface area (Å²) in [6.07, 6.45) is 2.94. The monoisotopic (exact) mass is 342 g/mol. The first kappa shape index (κ1) is 14.6. The van der Waals surface area contributed by atoms with Gasteiger partial charge in [0, 0.05) is 17.6 Å². The third-order valence-electron chi connectivity index (χ3n) is 2.89. The molecule has 102 valence electrons. The van der Waals surface area contributed by atoms with Crippen molar-refractivity contribution in [3.05, 3.63) is 50.1 Å². The highest BCUT2D eigenvalue weighted by atomic mass is 79.9. The van der Waals surface area contributed by atoms with E-state index in [1.54, 1.807) is 23.5 Å². The molecule has 0 bridgehead atoms. The van der Waals surface area contributed by atoms with Crippen molar-refractivity contribution in [2.75, 3.05) is 0 Å². The van der Waals surface area contributed by atoms with Gasteiger partial charge in [-0.2, -0.15) is 0 Å². The van der Waals surface area contributed by atoms with Gasteiger partial charge in [-0.3, -0.25) is 0 Å². The Labute approximate surface area is 125 Å². The molecule has 1 atom stereocenters. The summed E-state index contributed by atoms with van der Waals surface area (Å²) < 4.78 is 13.9. The van der Waals surface area contributed by atoms with Gasteiger partial charge in [0.05, 0.1) is 10.5 Å². The molecule has 0 aliphatic rings. The minimum absolute atomic E-state index is 0.178. The molecule has 0 aliphatic heterocycles. The molecule has 19 heavy (non-hydrogen) atoms. The molecule has 0 amide bonds. The Morgan fingerprint density at radius 3 is 2.89 bits per heavy atom. The van der Waals surface area contributed by atoms with Crippen molar-refractivity contribution in [3.63, 3.8) is 0 Å². The molecule has 0 saturated carbocycles. The normalized spacial score (nSPS) is 12.6. The first-order chi connectivity index (χ1) is 9.10. The summed E-state index contributed by atoms with van der Waals surface area (Å²) in [5.41, 5.74) is 0.930. The highest BCUT2D eigenvalue weighted by Crippen LogP contribution is 2.21. The minimum Gasteiger partial charge on any atom is -0.304 e. The third kappa shape index (κ3) is 3.84. The van der Waals surface area contributed by atoms with E-state index in [0.29, 0.717) is 11.0 Å². The number of hydrogen-bond acceptors (Lipinski definition) is 3. The Balaban J connectivity index is 1.95. The number of nitrogens with one attached hydrogen (secondary N) is 1. The van der Waals surface area contributed by atoms with Crippen LogP contribution < -0.4 is 5.32 Å². The van der Waals surface area contributed by atoms with Gasteiger partial charge in [-0.15, -0.1) is 11.3 Å². The Bertz CT molecular complexity index is 556. The fourth-order valence-electron chi connectivity index (χ4n) is 1.69. The molecular formula is C14H16BrFN2S. The Hall–Kier alpha value is -0.780. The first-order valence-electron chi connectivity index (χ1n) is 6.22. The van der Waals surface area contributed by atoms with Crippen LogP contribution in [0.5, 0.6) is 0 Å². The molecule has 2 aromatic rings. The maximum Gasteiger partial charge on any atom is 0.137 e. The fraction of sp³-hybridized carbons (Fsp3) is 0.357. The summed E-state index contributed by atoms with van der Waals surface area (Å²) >= 11 is 4.88. The average molecular weight is 343 g/mol. The van der Waals surface area contributed by atoms with Crippen LogP contribution in [0.3, 0.4) is 0 Å². The maximum absolute atomic E-state index is 13.4. The van der Waals surface area contributed by atoms with Gasteiger partial charge in [-0.1, -0.05) is 13.0 Å². The predicted molar refractivity (Wildman–Crippen MR) is 80.8 cm³/mol. The van der Waals surface area contributed by atoms with Crippen molar-refractivity contribution in [3.8, 4) is 0 Å². The molecule has 2 nitrogen and oxygen atoms in total. The molecule has 1 N–H and O–H groups in total. The lowest BCUT2D eigenvalue weighted by Crippen LogP contribution is -2.17. The number of aromatic nitrogens is 1. The van der Waals surface area contributed by atoms with Crippen LogP contribution in [0.4, 0.5) is 4.39 Å². The number of aryl methyl sites for hydroxylation is 1. The number of rotatable bonds is 5. The molecule has 2 rings (SSSR count). The molecule has 0 saturated heterocycles. The molecule has 0 aliphatic carbocycles. The Morgan fingerprint density at radius 1 is 1.47 bits per heavy atom. The SMILES string of the molecule is CCc1cnc(C(C)NCc2ccc(Br)c(F)c2)s1. The fourth-order valence-corrected chi connectivity index (χ4v) is 2.82. The van der Waals surface area contributed by atoms with E-state index in [1.165, 1.54) is 4.88 Å². The Morgan fingerprint density at radius 2 is 2.26 bits per heavy atom. The molecule has 1 aromatic heterocycles. The van der Waals surface area contributed by atoms with Gasteiger partial charge in [0.25, 0.3) is 0 Å². The van der Waals surface area contributed by atoms with E-state index in [9.17, 15) is 4.39 Å². The summed E-state index contributed by atoms with van der Waals surface area (Å²) in [5, 5.41) is 4.44. The van der Waals surface area contributed by atoms with Crippen molar-refractivity contribution in [2.45, 2.75) is 32.9 Å². The van der Waals surface area contributed by atoms with Gasteiger partial charge < -0.3 is 5.32 Å². The van der Waals surface area contributed by atoms with Crippen LogP contribution in [0, 0.1) is 5.82 Å². The van der Waals surface area contributed by atoms with Crippen LogP contribution in [0.15, 0.2) is 28.9 Å². The van der Waals surface area contributed by atoms with Crippen LogP contribution in [0.2, 0.25) is 0 Å². The number of halogens is 2. The molecule has 0 radical (unpaired) electrons. The second kappa shape index (κ2) is 6.59. The van der Waals surface area contributed by atoms with Crippen LogP contribution in [0.1, 0.15) is 35.3 Å². The van der Waals surface area contributed by atoms with E-state index in [2.05, 4.69) is 40.1 Å². The lowest BCUT2D eigenvalue weighted by molar-refractivity contribution is 0.566. The lowest BCUT2D eigenvalue weighted by Gasteiger charge is -2.11. The highest BCUT2D eigenvalue weighted by molar-refractivity contribution is 9.10. The van der Waals surface area contributed by atoms with Crippen molar-refractivity contribution in [1.29, 1.82) is 0 Å². The smallest absolute Gasteiger partial charge is 0.137 e. The average Bonchev–Trinajstić information content (AvgIpc) is 2.88. The van der Waals surface area contributed by atoms with Crippen LogP contribution in [-0.2, 0) is 13.0 Å². The number of hydrogen-bond donors (Lipinski definition) is 1. The summed E-state index contributed by atoms with van der Waals surface area (Å²) in [6, 6.07) is 5.36. The van der Waals surface area contributed by atoms with E-state index in [1.807, 2.05) is 12.3 Å². The molecule has 1 aromatic carbocycles. The van der Waals surface area contributed by atoms with Gasteiger partial charge >= 0.3 is 0 Å². The van der Waals surface area contributed by atoms with Crippen LogP contribution in [-0.4, -0.2) is 4.98 Å². The maximum atomic E-state index is 13.4. The van der Waals surface area contributed by atoms with E-state index in [4.69, 9.17) is 0 Å². The summed E-state index contributed by atoms with van der Waals surface area (Å²) in [4.78, 5) is 5.70. The van der Waals surface area contributed by atoms with E-state index >= 15 is 0 Å². The zero-order chi connectivity index (χ0) is 13.8. The van der Waals surface area contributed by atoms with E-state index in [-0.39, 0.29) is 11.9 Å². The number of nitrogens with zero attached hydrogens (tertiary/aromatic N) is 1. The quantitative estimate of drug-likeness (QED) is 0.867. The summed E-state index contributed by atoms with van der Waals surface area (Å²) in [7, 11) is 0. The van der Waals surface area contributed by atoms with Gasteiger partial charge in [-0.05, 0) is 47.0 Å². The number of thiazole rings is 1. The topological polar surface area (TPSA) is 24.9 Å². The highest BCUT2D eigenvalue weighted by Gasteiger charge is 2.10. The first-order valence-corrected chi connectivity index (χ1v) is 7.83. The minimum atomic E-state index is -0.227. The van der Waals surface area contributed by atoms with Crippen molar-refractivity contribution >= 4 is 27.3 Å². The zero-order valence-electron chi connectivity index (χ0n) is 10.9. The molecule has 0 fully saturated rings. The largest absolute Gasteiger partial charge is 0.304 e. The lowest BCUT2D eigenvalue weighted by atomic mass is 10.2. The van der Waals surface area contributed by atoms with Crippen LogP contribution >= 0.6 is 27.3 Å². The van der Waals surface area contributed by atoms with Crippen molar-refractivity contribution in [2.24, 2.45) is 0 Å². The molecule has 0 spiro atoms.